The van der Waals surface area contributed by atoms with E-state index in [4.69, 9.17) is 4.74 Å². The molecule has 8 heteroatoms. The molecule has 0 fully saturated rings. The average Bonchev–Trinajstić information content (AvgIpc) is 2.59. The molecule has 1 N–H and O–H groups in total. The molecule has 1 heterocycles. The number of nitro benzene ring substituents is 1. The number of hydrogen-bond donors (Lipinski definition) is 1. The second-order valence-electron chi connectivity index (χ2n) is 4.54. The summed E-state index contributed by atoms with van der Waals surface area (Å²) in [5, 5.41) is 13.9. The number of carbonyl (C=O) groups is 1. The van der Waals surface area contributed by atoms with E-state index in [2.05, 4.69) is 15.0 Å². The normalized spacial score (nSPS) is 10.0. The van der Waals surface area contributed by atoms with Crippen LogP contribution >= 0.6 is 0 Å². The van der Waals surface area contributed by atoms with Crippen molar-refractivity contribution >= 4 is 17.3 Å². The number of non-ortho nitro benzene ring substituents is 1. The first kappa shape index (κ1) is 16.2. The van der Waals surface area contributed by atoms with E-state index in [1.54, 1.807) is 12.3 Å². The average molecular weight is 317 g/mol. The van der Waals surface area contributed by atoms with Gasteiger partial charge in [-0.1, -0.05) is 6.07 Å². The first-order chi connectivity index (χ1) is 11.0. The highest BCUT2D eigenvalue weighted by atomic mass is 16.6. The van der Waals surface area contributed by atoms with Crippen molar-refractivity contribution in [1.29, 1.82) is 0 Å². The van der Waals surface area contributed by atoms with Gasteiger partial charge in [-0.05, 0) is 11.6 Å². The summed E-state index contributed by atoms with van der Waals surface area (Å²) < 4.78 is 9.64. The number of benzene rings is 1. The molecule has 0 amide bonds. The summed E-state index contributed by atoms with van der Waals surface area (Å²) in [5.74, 6) is -0.150. The summed E-state index contributed by atoms with van der Waals surface area (Å²) in [5.41, 5.74) is 1.23. The number of aromatic nitrogens is 1. The molecule has 0 saturated carbocycles. The van der Waals surface area contributed by atoms with Crippen LogP contribution in [0.2, 0.25) is 0 Å². The summed E-state index contributed by atoms with van der Waals surface area (Å²) in [6, 6.07) is 7.51. The number of nitrogens with one attached hydrogen (secondary N) is 1. The second kappa shape index (κ2) is 7.21. The van der Waals surface area contributed by atoms with Gasteiger partial charge in [0.05, 0.1) is 24.7 Å². The Kier molecular flexibility index (Phi) is 5.08. The van der Waals surface area contributed by atoms with E-state index in [1.807, 2.05) is 6.07 Å². The topological polar surface area (TPSA) is 104 Å². The van der Waals surface area contributed by atoms with E-state index < -0.39 is 10.9 Å². The van der Waals surface area contributed by atoms with Crippen LogP contribution in [0.5, 0.6) is 5.88 Å². The van der Waals surface area contributed by atoms with E-state index in [-0.39, 0.29) is 11.3 Å². The molecule has 0 radical (unpaired) electrons. The Morgan fingerprint density at radius 2 is 2.09 bits per heavy atom. The predicted octanol–water partition coefficient (Wildman–Crippen LogP) is 2.40. The number of carbonyl (C=O) groups excluding carboxylic acids is 1. The van der Waals surface area contributed by atoms with Crippen molar-refractivity contribution in [1.82, 2.24) is 4.98 Å². The highest BCUT2D eigenvalue weighted by molar-refractivity contribution is 5.96. The Labute approximate surface area is 132 Å². The van der Waals surface area contributed by atoms with Crippen molar-refractivity contribution < 1.29 is 19.2 Å². The molecule has 0 bridgehead atoms. The quantitative estimate of drug-likeness (QED) is 0.495. The molecule has 23 heavy (non-hydrogen) atoms. The molecule has 8 nitrogen and oxygen atoms in total. The minimum absolute atomic E-state index is 0.100. The zero-order valence-electron chi connectivity index (χ0n) is 12.6. The first-order valence-corrected chi connectivity index (χ1v) is 6.64. The van der Waals surface area contributed by atoms with Crippen LogP contribution in [-0.4, -0.2) is 30.1 Å². The van der Waals surface area contributed by atoms with Gasteiger partial charge in [0.1, 0.15) is 0 Å². The van der Waals surface area contributed by atoms with Gasteiger partial charge < -0.3 is 14.8 Å². The van der Waals surface area contributed by atoms with Gasteiger partial charge in [-0.15, -0.1) is 0 Å². The fourth-order valence-corrected chi connectivity index (χ4v) is 1.91. The van der Waals surface area contributed by atoms with Crippen molar-refractivity contribution in [2.24, 2.45) is 0 Å². The Bertz CT molecular complexity index is 716. The minimum atomic E-state index is -0.649. The number of anilines is 1. The maximum Gasteiger partial charge on any atom is 0.340 e. The molecule has 1 aromatic heterocycles. The minimum Gasteiger partial charge on any atom is -0.481 e. The van der Waals surface area contributed by atoms with Crippen molar-refractivity contribution in [2.45, 2.75) is 6.54 Å². The van der Waals surface area contributed by atoms with Crippen molar-refractivity contribution in [3.05, 3.63) is 57.8 Å². The van der Waals surface area contributed by atoms with Gasteiger partial charge in [0.25, 0.3) is 5.69 Å². The van der Waals surface area contributed by atoms with Gasteiger partial charge in [-0.2, -0.15) is 0 Å². The van der Waals surface area contributed by atoms with Crippen molar-refractivity contribution in [3.8, 4) is 5.88 Å². The van der Waals surface area contributed by atoms with Gasteiger partial charge in [-0.25, -0.2) is 9.78 Å². The molecule has 0 aliphatic rings. The van der Waals surface area contributed by atoms with Gasteiger partial charge in [0, 0.05) is 36.6 Å². The number of nitrogens with zero attached hydrogens (tertiary/aromatic N) is 2. The van der Waals surface area contributed by atoms with Crippen LogP contribution in [0.3, 0.4) is 0 Å². The van der Waals surface area contributed by atoms with Crippen LogP contribution < -0.4 is 10.1 Å². The SMILES string of the molecule is COC(=O)c1cc([N+](=O)[O-])ccc1NCc1ccc(OC)nc1. The molecule has 0 aliphatic heterocycles. The molecule has 0 atom stereocenters. The monoisotopic (exact) mass is 317 g/mol. The van der Waals surface area contributed by atoms with Crippen LogP contribution in [0.15, 0.2) is 36.5 Å². The molecule has 0 saturated heterocycles. The van der Waals surface area contributed by atoms with Gasteiger partial charge >= 0.3 is 5.97 Å². The van der Waals surface area contributed by atoms with Gasteiger partial charge in [0.15, 0.2) is 0 Å². The summed E-state index contributed by atoms with van der Waals surface area (Å²) in [4.78, 5) is 26.1. The zero-order valence-corrected chi connectivity index (χ0v) is 12.6. The van der Waals surface area contributed by atoms with E-state index in [0.717, 1.165) is 5.56 Å². The molecular formula is C15H15N3O5. The molecule has 2 rings (SSSR count). The van der Waals surface area contributed by atoms with Crippen LogP contribution in [0.25, 0.3) is 0 Å². The van der Waals surface area contributed by atoms with E-state index in [0.29, 0.717) is 18.1 Å². The number of rotatable bonds is 6. The lowest BCUT2D eigenvalue weighted by Crippen LogP contribution is -2.09. The number of ether oxygens (including phenoxy) is 2. The van der Waals surface area contributed by atoms with Crippen LogP contribution in [0.1, 0.15) is 15.9 Å². The zero-order chi connectivity index (χ0) is 16.8. The molecule has 0 spiro atoms. The third kappa shape index (κ3) is 3.94. The standard InChI is InChI=1S/C15H15N3O5/c1-22-14-6-3-10(9-17-14)8-16-13-5-4-11(18(20)21)7-12(13)15(19)23-2/h3-7,9,16H,8H2,1-2H3. The molecule has 1 aromatic carbocycles. The lowest BCUT2D eigenvalue weighted by molar-refractivity contribution is -0.384. The first-order valence-electron chi connectivity index (χ1n) is 6.64. The van der Waals surface area contributed by atoms with E-state index >= 15 is 0 Å². The van der Waals surface area contributed by atoms with E-state index in [9.17, 15) is 14.9 Å². The number of nitro groups is 1. The van der Waals surface area contributed by atoms with Crippen LogP contribution in [0.4, 0.5) is 11.4 Å². The highest BCUT2D eigenvalue weighted by Gasteiger charge is 2.17. The third-order valence-corrected chi connectivity index (χ3v) is 3.11. The number of esters is 1. The summed E-state index contributed by atoms with van der Waals surface area (Å²) in [6.45, 7) is 0.388. The summed E-state index contributed by atoms with van der Waals surface area (Å²) in [6.07, 6.45) is 1.63. The van der Waals surface area contributed by atoms with Crippen molar-refractivity contribution in [3.63, 3.8) is 0 Å². The molecule has 0 unspecified atom stereocenters. The second-order valence-corrected chi connectivity index (χ2v) is 4.54. The largest absolute Gasteiger partial charge is 0.481 e. The number of pyridine rings is 1. The van der Waals surface area contributed by atoms with Crippen LogP contribution in [0, 0.1) is 10.1 Å². The summed E-state index contributed by atoms with van der Waals surface area (Å²) in [7, 11) is 2.75. The van der Waals surface area contributed by atoms with Gasteiger partial charge in [0.2, 0.25) is 5.88 Å². The predicted molar refractivity (Wildman–Crippen MR) is 82.6 cm³/mol. The Hall–Kier alpha value is -3.16. The van der Waals surface area contributed by atoms with Crippen molar-refractivity contribution in [2.75, 3.05) is 19.5 Å². The molecular weight excluding hydrogens is 302 g/mol. The Morgan fingerprint density at radius 1 is 1.30 bits per heavy atom. The maximum absolute atomic E-state index is 11.8. The molecule has 2 aromatic rings. The van der Waals surface area contributed by atoms with E-state index in [1.165, 1.54) is 32.4 Å². The lowest BCUT2D eigenvalue weighted by atomic mass is 10.1. The fraction of sp³-hybridized carbons (Fsp3) is 0.200. The summed E-state index contributed by atoms with van der Waals surface area (Å²) >= 11 is 0. The molecule has 0 aliphatic carbocycles. The maximum atomic E-state index is 11.8. The third-order valence-electron chi connectivity index (χ3n) is 3.11. The Balaban J connectivity index is 2.20. The van der Waals surface area contributed by atoms with Gasteiger partial charge in [-0.3, -0.25) is 10.1 Å². The lowest BCUT2D eigenvalue weighted by Gasteiger charge is -2.11. The number of hydrogen-bond acceptors (Lipinski definition) is 7. The fourth-order valence-electron chi connectivity index (χ4n) is 1.91. The van der Waals surface area contributed by atoms with Crippen LogP contribution in [-0.2, 0) is 11.3 Å². The number of methoxy groups -OCH3 is 2. The Morgan fingerprint density at radius 3 is 2.65 bits per heavy atom. The smallest absolute Gasteiger partial charge is 0.340 e. The highest BCUT2D eigenvalue weighted by Crippen LogP contribution is 2.23. The molecule has 120 valence electrons.